The van der Waals surface area contributed by atoms with Gasteiger partial charge in [0.15, 0.2) is 0 Å². The zero-order chi connectivity index (χ0) is 52.3. The van der Waals surface area contributed by atoms with Crippen LogP contribution in [0.15, 0.2) is 85.1 Å². The molecule has 4 aromatic rings. The van der Waals surface area contributed by atoms with Crippen molar-refractivity contribution >= 4 is 92.1 Å². The number of nitrogens with one attached hydrogen (secondary N) is 8. The molecule has 0 saturated heterocycles. The summed E-state index contributed by atoms with van der Waals surface area (Å²) in [5, 5.41) is 19.2. The number of rotatable bonds is 28. The van der Waals surface area contributed by atoms with Gasteiger partial charge in [-0.25, -0.2) is 0 Å². The topological polar surface area (TPSA) is 326 Å². The molecule has 24 heteroatoms. The molecule has 0 radical (unpaired) electrons. The van der Waals surface area contributed by atoms with Gasteiger partial charge in [-0.15, -0.1) is 0 Å². The minimum Gasteiger partial charge on any atom is -0.368 e. The average Bonchev–Trinajstić information content (AvgIpc) is 3.72. The summed E-state index contributed by atoms with van der Waals surface area (Å²) in [6.45, 7) is 3.45. The Hall–Kier alpha value is -6.63. The van der Waals surface area contributed by atoms with Gasteiger partial charge in [0.25, 0.3) is 0 Å². The van der Waals surface area contributed by atoms with Crippen LogP contribution in [0.4, 0.5) is 0 Å². The Morgan fingerprint density at radius 2 is 1.23 bits per heavy atom. The molecule has 0 bridgehead atoms. The maximum Gasteiger partial charge on any atom is 0.446 e. The normalized spacial score (nSPS) is 13.5. The van der Waals surface area contributed by atoms with Crippen LogP contribution < -0.4 is 47.1 Å². The van der Waals surface area contributed by atoms with Crippen LogP contribution in [0.1, 0.15) is 50.3 Å². The summed E-state index contributed by atoms with van der Waals surface area (Å²) in [6.07, 6.45) is 5.52. The standard InChI is InChI=1S/C47H61N9O12S3/c1-28(57)51-38(24-30-15-17-32(18-16-30)68-71(65,66)67)43(61)53-35(19-21-69-4)42(60)50-27-40(58)52-39(25-31-26-49-34-14-10-9-13-33(31)34)44(62)54-36(20-22-70-5)45(63)56-47(2,3)46(64)55-37(41(48)59)23-29-11-7-6-8-12-29/h6-18,26,35-39,49H,19-25,27H2,1-5H3,(H2,48,59)(H,50,60)(H,51,57)(H,52,58)(H,53,61)(H,54,62)(H,55,64)(H,56,63)(H,65,66,67)/t35-,36-,37-,38-,39-/m0/s1. The number of hydrogen-bond donors (Lipinski definition) is 10. The van der Waals surface area contributed by atoms with Gasteiger partial charge < -0.3 is 52.1 Å². The number of hydrogen-bond acceptors (Lipinski definition) is 13. The number of carbonyl (C=O) groups is 8. The fraction of sp³-hybridized carbons (Fsp3) is 0.404. The third-order valence-electron chi connectivity index (χ3n) is 10.9. The average molecular weight is 1040 g/mol. The van der Waals surface area contributed by atoms with Crippen molar-refractivity contribution in [3.8, 4) is 5.75 Å². The lowest BCUT2D eigenvalue weighted by Crippen LogP contribution is -2.62. The molecule has 0 saturated carbocycles. The van der Waals surface area contributed by atoms with Crippen molar-refractivity contribution in [1.29, 1.82) is 0 Å². The van der Waals surface area contributed by atoms with Crippen LogP contribution in [0, 0.1) is 0 Å². The number of amides is 8. The summed E-state index contributed by atoms with van der Waals surface area (Å²) in [7, 11) is -4.78. The number of thioether (sulfide) groups is 2. The van der Waals surface area contributed by atoms with Gasteiger partial charge in [0.05, 0.1) is 6.54 Å². The Kier molecular flexibility index (Phi) is 21.7. The Morgan fingerprint density at radius 3 is 1.80 bits per heavy atom. The van der Waals surface area contributed by atoms with E-state index < -0.39 is 99.9 Å². The van der Waals surface area contributed by atoms with Gasteiger partial charge >= 0.3 is 10.4 Å². The van der Waals surface area contributed by atoms with Crippen molar-refractivity contribution < 1.29 is 55.5 Å². The molecular weight excluding hydrogens is 979 g/mol. The Balaban J connectivity index is 1.48. The second-order valence-corrected chi connectivity index (χ2v) is 19.9. The maximum atomic E-state index is 14.3. The number of para-hydroxylation sites is 1. The summed E-state index contributed by atoms with van der Waals surface area (Å²) >= 11 is 2.80. The molecular formula is C47H61N9O12S3. The number of aromatic nitrogens is 1. The highest BCUT2D eigenvalue weighted by molar-refractivity contribution is 7.98. The molecule has 0 spiro atoms. The van der Waals surface area contributed by atoms with E-state index in [4.69, 9.17) is 10.3 Å². The molecule has 3 aromatic carbocycles. The highest BCUT2D eigenvalue weighted by Crippen LogP contribution is 2.20. The first-order valence-corrected chi connectivity index (χ1v) is 26.4. The van der Waals surface area contributed by atoms with Crippen LogP contribution in [0.5, 0.6) is 5.75 Å². The smallest absolute Gasteiger partial charge is 0.368 e. The molecule has 0 fully saturated rings. The van der Waals surface area contributed by atoms with Crippen LogP contribution in [0.3, 0.4) is 0 Å². The molecule has 71 heavy (non-hydrogen) atoms. The number of aromatic amines is 1. The molecule has 4 rings (SSSR count). The second kappa shape index (κ2) is 27.1. The first-order chi connectivity index (χ1) is 33.6. The van der Waals surface area contributed by atoms with E-state index >= 15 is 0 Å². The van der Waals surface area contributed by atoms with Crippen LogP contribution in [-0.4, -0.2) is 132 Å². The number of nitrogens with two attached hydrogens (primary N) is 1. The van der Waals surface area contributed by atoms with E-state index in [0.29, 0.717) is 22.6 Å². The van der Waals surface area contributed by atoms with E-state index in [2.05, 4.69) is 46.4 Å². The van der Waals surface area contributed by atoms with Gasteiger partial charge in [-0.05, 0) is 85.6 Å². The maximum absolute atomic E-state index is 14.3. The Bertz CT molecular complexity index is 2610. The van der Waals surface area contributed by atoms with E-state index in [9.17, 15) is 46.8 Å². The third-order valence-corrected chi connectivity index (χ3v) is 12.5. The molecule has 0 aliphatic heterocycles. The number of benzene rings is 3. The Morgan fingerprint density at radius 1 is 0.676 bits per heavy atom. The first-order valence-electron chi connectivity index (χ1n) is 22.3. The fourth-order valence-electron chi connectivity index (χ4n) is 7.18. The monoisotopic (exact) mass is 1040 g/mol. The van der Waals surface area contributed by atoms with Crippen LogP contribution in [0.25, 0.3) is 10.9 Å². The van der Waals surface area contributed by atoms with Crippen molar-refractivity contribution in [3.63, 3.8) is 0 Å². The largest absolute Gasteiger partial charge is 0.446 e. The second-order valence-electron chi connectivity index (χ2n) is 16.9. The van der Waals surface area contributed by atoms with E-state index in [0.717, 1.165) is 16.5 Å². The van der Waals surface area contributed by atoms with Crippen molar-refractivity contribution in [2.24, 2.45) is 5.73 Å². The summed E-state index contributed by atoms with van der Waals surface area (Å²) in [4.78, 5) is 110. The van der Waals surface area contributed by atoms with Crippen molar-refractivity contribution in [2.45, 2.75) is 88.6 Å². The molecule has 21 nitrogen and oxygen atoms in total. The summed E-state index contributed by atoms with van der Waals surface area (Å²) in [5.74, 6) is -5.11. The number of fused-ring (bicyclic) bond motifs is 1. The highest BCUT2D eigenvalue weighted by atomic mass is 32.3. The first kappa shape index (κ1) is 57.0. The number of carbonyl (C=O) groups excluding carboxylic acids is 8. The van der Waals surface area contributed by atoms with Gasteiger partial charge in [0, 0.05) is 43.3 Å². The lowest BCUT2D eigenvalue weighted by molar-refractivity contribution is -0.136. The van der Waals surface area contributed by atoms with Gasteiger partial charge in [-0.1, -0.05) is 60.7 Å². The zero-order valence-electron chi connectivity index (χ0n) is 39.9. The van der Waals surface area contributed by atoms with E-state index in [1.165, 1.54) is 68.6 Å². The predicted octanol–water partition coefficient (Wildman–Crippen LogP) is 0.824. The van der Waals surface area contributed by atoms with Crippen molar-refractivity contribution in [3.05, 3.63) is 102 Å². The fourth-order valence-corrected chi connectivity index (χ4v) is 8.47. The zero-order valence-corrected chi connectivity index (χ0v) is 42.3. The highest BCUT2D eigenvalue weighted by Gasteiger charge is 2.36. The molecule has 384 valence electrons. The molecule has 8 amide bonds. The predicted molar refractivity (Wildman–Crippen MR) is 270 cm³/mol. The number of H-pyrrole nitrogens is 1. The minimum atomic E-state index is -4.78. The lowest BCUT2D eigenvalue weighted by Gasteiger charge is -2.30. The van der Waals surface area contributed by atoms with E-state index in [-0.39, 0.29) is 37.9 Å². The summed E-state index contributed by atoms with van der Waals surface area (Å²) in [6, 6.07) is 15.6. The van der Waals surface area contributed by atoms with Crippen LogP contribution >= 0.6 is 23.5 Å². The van der Waals surface area contributed by atoms with E-state index in [1.54, 1.807) is 42.8 Å². The molecule has 1 heterocycles. The third kappa shape index (κ3) is 18.9. The van der Waals surface area contributed by atoms with Crippen molar-refractivity contribution in [2.75, 3.05) is 30.6 Å². The summed E-state index contributed by atoms with van der Waals surface area (Å²) in [5.41, 5.74) is 6.68. The van der Waals surface area contributed by atoms with Gasteiger partial charge in [-0.3, -0.25) is 42.9 Å². The van der Waals surface area contributed by atoms with E-state index in [1.807, 2.05) is 30.5 Å². The van der Waals surface area contributed by atoms with Gasteiger partial charge in [0.1, 0.15) is 41.5 Å². The lowest BCUT2D eigenvalue weighted by atomic mass is 10.00. The molecule has 1 aromatic heterocycles. The molecule has 0 aliphatic carbocycles. The van der Waals surface area contributed by atoms with Crippen LogP contribution in [0.2, 0.25) is 0 Å². The van der Waals surface area contributed by atoms with Gasteiger partial charge in [-0.2, -0.15) is 31.9 Å². The van der Waals surface area contributed by atoms with Crippen LogP contribution in [-0.2, 0) is 68.0 Å². The Labute approximate surface area is 420 Å². The quantitative estimate of drug-likeness (QED) is 0.0353. The summed E-state index contributed by atoms with van der Waals surface area (Å²) < 4.78 is 35.6. The minimum absolute atomic E-state index is 0.0521. The molecule has 0 unspecified atom stereocenters. The molecule has 11 N–H and O–H groups in total. The number of primary amides is 1. The van der Waals surface area contributed by atoms with Gasteiger partial charge in [0.2, 0.25) is 47.3 Å². The molecule has 0 aliphatic rings. The SMILES string of the molecule is CSCC[C@H](NC(=O)[C@H](Cc1ccc(OS(=O)(=O)O)cc1)NC(C)=O)C(=O)NCC(=O)N[C@@H](Cc1c[nH]c2ccccc12)C(=O)N[C@@H](CCSC)C(=O)NC(C)(C)C(=O)N[C@@H](Cc1ccccc1)C(N)=O. The van der Waals surface area contributed by atoms with Crippen molar-refractivity contribution in [1.82, 2.24) is 42.2 Å². The molecule has 5 atom stereocenters.